The van der Waals surface area contributed by atoms with Gasteiger partial charge < -0.3 is 15.5 Å². The first-order valence-corrected chi connectivity index (χ1v) is 6.98. The molecular formula is C13H25N3O. The average molecular weight is 239 g/mol. The molecule has 0 bridgehead atoms. The number of amides is 2. The predicted octanol–water partition coefficient (Wildman–Crippen LogP) is 1.65. The van der Waals surface area contributed by atoms with Gasteiger partial charge >= 0.3 is 6.03 Å². The van der Waals surface area contributed by atoms with E-state index in [0.717, 1.165) is 45.4 Å². The number of rotatable bonds is 1. The maximum Gasteiger partial charge on any atom is 0.320 e. The van der Waals surface area contributed by atoms with Gasteiger partial charge in [0, 0.05) is 32.2 Å². The van der Waals surface area contributed by atoms with Gasteiger partial charge in [-0.25, -0.2) is 4.79 Å². The van der Waals surface area contributed by atoms with Crippen molar-refractivity contribution in [1.82, 2.24) is 9.80 Å². The molecule has 17 heavy (non-hydrogen) atoms. The Kier molecular flexibility index (Phi) is 4.26. The highest BCUT2D eigenvalue weighted by molar-refractivity contribution is 5.74. The second kappa shape index (κ2) is 5.71. The Morgan fingerprint density at radius 3 is 2.41 bits per heavy atom. The molecule has 2 amide bonds. The molecule has 0 aromatic rings. The Morgan fingerprint density at radius 1 is 1.12 bits per heavy atom. The highest BCUT2D eigenvalue weighted by Crippen LogP contribution is 2.21. The van der Waals surface area contributed by atoms with Crippen molar-refractivity contribution in [3.63, 3.8) is 0 Å². The molecule has 2 heterocycles. The smallest absolute Gasteiger partial charge is 0.320 e. The Bertz CT molecular complexity index is 261. The van der Waals surface area contributed by atoms with Crippen molar-refractivity contribution >= 4 is 6.03 Å². The van der Waals surface area contributed by atoms with Crippen LogP contribution < -0.4 is 5.73 Å². The third-order valence-electron chi connectivity index (χ3n) is 4.10. The van der Waals surface area contributed by atoms with Crippen LogP contribution >= 0.6 is 0 Å². The SMILES string of the molecule is CC(N)C1CCCN(C(=O)N2CCCCC2)C1. The van der Waals surface area contributed by atoms with Crippen LogP contribution in [0.1, 0.15) is 39.0 Å². The van der Waals surface area contributed by atoms with Crippen LogP contribution in [0.3, 0.4) is 0 Å². The largest absolute Gasteiger partial charge is 0.328 e. The highest BCUT2D eigenvalue weighted by atomic mass is 16.2. The van der Waals surface area contributed by atoms with Crippen LogP contribution in [0.4, 0.5) is 4.79 Å². The van der Waals surface area contributed by atoms with E-state index in [-0.39, 0.29) is 12.1 Å². The third kappa shape index (κ3) is 3.12. The lowest BCUT2D eigenvalue weighted by atomic mass is 9.92. The number of hydrogen-bond acceptors (Lipinski definition) is 2. The summed E-state index contributed by atoms with van der Waals surface area (Å²) >= 11 is 0. The summed E-state index contributed by atoms with van der Waals surface area (Å²) < 4.78 is 0. The van der Waals surface area contributed by atoms with E-state index in [1.165, 1.54) is 12.8 Å². The van der Waals surface area contributed by atoms with Gasteiger partial charge in [0.25, 0.3) is 0 Å². The maximum absolute atomic E-state index is 12.3. The van der Waals surface area contributed by atoms with Crippen LogP contribution in [0.5, 0.6) is 0 Å². The van der Waals surface area contributed by atoms with Crippen molar-refractivity contribution < 1.29 is 4.79 Å². The van der Waals surface area contributed by atoms with Crippen molar-refractivity contribution in [2.45, 2.75) is 45.1 Å². The molecule has 2 atom stereocenters. The second-order valence-corrected chi connectivity index (χ2v) is 5.54. The van der Waals surface area contributed by atoms with E-state index in [1.807, 2.05) is 9.80 Å². The van der Waals surface area contributed by atoms with Gasteiger partial charge in [-0.05, 0) is 44.9 Å². The van der Waals surface area contributed by atoms with Crippen molar-refractivity contribution in [2.75, 3.05) is 26.2 Å². The van der Waals surface area contributed by atoms with E-state index in [4.69, 9.17) is 5.73 Å². The van der Waals surface area contributed by atoms with Gasteiger partial charge in [-0.15, -0.1) is 0 Å². The first-order valence-electron chi connectivity index (χ1n) is 6.98. The van der Waals surface area contributed by atoms with Crippen molar-refractivity contribution in [2.24, 2.45) is 11.7 Å². The van der Waals surface area contributed by atoms with Gasteiger partial charge in [-0.3, -0.25) is 0 Å². The molecule has 0 aromatic heterocycles. The van der Waals surface area contributed by atoms with Crippen molar-refractivity contribution in [1.29, 1.82) is 0 Å². The number of nitrogens with zero attached hydrogens (tertiary/aromatic N) is 2. The number of piperidine rings is 2. The third-order valence-corrected chi connectivity index (χ3v) is 4.10. The van der Waals surface area contributed by atoms with Crippen LogP contribution in [0.2, 0.25) is 0 Å². The molecule has 2 saturated heterocycles. The molecule has 2 aliphatic heterocycles. The topological polar surface area (TPSA) is 49.6 Å². The molecule has 0 saturated carbocycles. The standard InChI is InChI=1S/C13H25N3O/c1-11(14)12-6-5-9-16(10-12)13(17)15-7-3-2-4-8-15/h11-12H,2-10,14H2,1H3. The summed E-state index contributed by atoms with van der Waals surface area (Å²) in [6, 6.07) is 0.446. The van der Waals surface area contributed by atoms with Crippen molar-refractivity contribution in [3.8, 4) is 0 Å². The zero-order chi connectivity index (χ0) is 12.3. The molecule has 2 fully saturated rings. The first-order chi connectivity index (χ1) is 8.18. The maximum atomic E-state index is 12.3. The minimum Gasteiger partial charge on any atom is -0.328 e. The van der Waals surface area contributed by atoms with E-state index >= 15 is 0 Å². The van der Waals surface area contributed by atoms with Crippen molar-refractivity contribution in [3.05, 3.63) is 0 Å². The molecule has 4 heteroatoms. The first kappa shape index (κ1) is 12.7. The van der Waals surface area contributed by atoms with Gasteiger partial charge in [-0.2, -0.15) is 0 Å². The summed E-state index contributed by atoms with van der Waals surface area (Å²) in [5.41, 5.74) is 5.96. The van der Waals surface area contributed by atoms with E-state index in [0.29, 0.717) is 5.92 Å². The Labute approximate surface area is 104 Å². The van der Waals surface area contributed by atoms with Gasteiger partial charge in [0.2, 0.25) is 0 Å². The lowest BCUT2D eigenvalue weighted by Crippen LogP contribution is -2.51. The number of hydrogen-bond donors (Lipinski definition) is 1. The summed E-state index contributed by atoms with van der Waals surface area (Å²) in [5.74, 6) is 0.484. The van der Waals surface area contributed by atoms with Gasteiger partial charge in [0.05, 0.1) is 0 Å². The molecule has 0 spiro atoms. The molecule has 2 unspecified atom stereocenters. The summed E-state index contributed by atoms with van der Waals surface area (Å²) in [4.78, 5) is 16.4. The van der Waals surface area contributed by atoms with Crippen LogP contribution in [-0.2, 0) is 0 Å². The molecule has 98 valence electrons. The number of carbonyl (C=O) groups excluding carboxylic acids is 1. The molecule has 0 aromatic carbocycles. The van der Waals surface area contributed by atoms with Crippen LogP contribution in [0.15, 0.2) is 0 Å². The Balaban J connectivity index is 1.89. The Hall–Kier alpha value is -0.770. The predicted molar refractivity (Wildman–Crippen MR) is 68.8 cm³/mol. The molecular weight excluding hydrogens is 214 g/mol. The molecule has 2 rings (SSSR count). The molecule has 0 radical (unpaired) electrons. The fourth-order valence-electron chi connectivity index (χ4n) is 2.90. The van der Waals surface area contributed by atoms with Crippen LogP contribution in [0, 0.1) is 5.92 Å². The summed E-state index contributed by atoms with van der Waals surface area (Å²) in [6.07, 6.45) is 5.87. The van der Waals surface area contributed by atoms with E-state index in [9.17, 15) is 4.79 Å². The van der Waals surface area contributed by atoms with Gasteiger partial charge in [0.15, 0.2) is 0 Å². The minimum absolute atomic E-state index is 0.201. The van der Waals surface area contributed by atoms with Gasteiger partial charge in [-0.1, -0.05) is 0 Å². The Morgan fingerprint density at radius 2 is 1.76 bits per heavy atom. The molecule has 0 aliphatic carbocycles. The molecule has 2 aliphatic rings. The van der Waals surface area contributed by atoms with E-state index in [1.54, 1.807) is 0 Å². The highest BCUT2D eigenvalue weighted by Gasteiger charge is 2.28. The van der Waals surface area contributed by atoms with Crippen LogP contribution in [0.25, 0.3) is 0 Å². The lowest BCUT2D eigenvalue weighted by Gasteiger charge is -2.38. The normalized spacial score (nSPS) is 28.0. The zero-order valence-electron chi connectivity index (χ0n) is 10.9. The monoisotopic (exact) mass is 239 g/mol. The van der Waals surface area contributed by atoms with E-state index in [2.05, 4.69) is 6.92 Å². The number of nitrogens with two attached hydrogens (primary N) is 1. The summed E-state index contributed by atoms with van der Waals surface area (Å²) in [7, 11) is 0. The minimum atomic E-state index is 0.201. The lowest BCUT2D eigenvalue weighted by molar-refractivity contribution is 0.117. The number of carbonyl (C=O) groups is 1. The summed E-state index contributed by atoms with van der Waals surface area (Å²) in [6.45, 7) is 5.71. The van der Waals surface area contributed by atoms with Crippen LogP contribution in [-0.4, -0.2) is 48.1 Å². The average Bonchev–Trinajstić information content (AvgIpc) is 2.39. The fraction of sp³-hybridized carbons (Fsp3) is 0.923. The number of urea groups is 1. The fourth-order valence-corrected chi connectivity index (χ4v) is 2.90. The second-order valence-electron chi connectivity index (χ2n) is 5.54. The zero-order valence-corrected chi connectivity index (χ0v) is 10.9. The van der Waals surface area contributed by atoms with E-state index < -0.39 is 0 Å². The summed E-state index contributed by atoms with van der Waals surface area (Å²) in [5, 5.41) is 0. The van der Waals surface area contributed by atoms with Gasteiger partial charge in [0.1, 0.15) is 0 Å². The quantitative estimate of drug-likeness (QED) is 0.756. The molecule has 4 nitrogen and oxygen atoms in total. The molecule has 2 N–H and O–H groups in total. The number of likely N-dealkylation sites (tertiary alicyclic amines) is 2.